The van der Waals surface area contributed by atoms with Crippen LogP contribution >= 0.6 is 27.7 Å². The minimum absolute atomic E-state index is 0.0408. The molecule has 2 aromatic rings. The predicted octanol–water partition coefficient (Wildman–Crippen LogP) is 6.36. The van der Waals surface area contributed by atoms with Gasteiger partial charge in [-0.15, -0.1) is 6.42 Å². The monoisotopic (exact) mass is 540 g/mol. The highest BCUT2D eigenvalue weighted by Crippen LogP contribution is 2.44. The van der Waals surface area contributed by atoms with Crippen molar-refractivity contribution in [3.8, 4) is 23.8 Å². The van der Waals surface area contributed by atoms with Gasteiger partial charge in [-0.05, 0) is 49.1 Å². The number of carbonyl (C=O) groups excluding carboxylic acids is 1. The number of thioether (sulfide) groups is 1. The largest absolute Gasteiger partial charge is 0.493 e. The smallest absolute Gasteiger partial charge is 0.262 e. The zero-order valence-corrected chi connectivity index (χ0v) is 21.8. The van der Waals surface area contributed by atoms with Gasteiger partial charge in [0, 0.05) is 21.8 Å². The van der Waals surface area contributed by atoms with Gasteiger partial charge >= 0.3 is 0 Å². The summed E-state index contributed by atoms with van der Waals surface area (Å²) in [4.78, 5) is 16.5. The van der Waals surface area contributed by atoms with E-state index in [1.165, 1.54) is 18.2 Å². The van der Waals surface area contributed by atoms with E-state index in [2.05, 4.69) is 34.1 Å². The molecule has 3 atom stereocenters. The number of rotatable bonds is 7. The molecule has 0 aromatic heterocycles. The second kappa shape index (κ2) is 11.2. The van der Waals surface area contributed by atoms with E-state index in [1.54, 1.807) is 7.11 Å². The van der Waals surface area contributed by atoms with Crippen molar-refractivity contribution in [1.29, 1.82) is 0 Å². The number of hydrogen-bond acceptors (Lipinski definition) is 5. The molecule has 1 aliphatic heterocycles. The summed E-state index contributed by atoms with van der Waals surface area (Å²) >= 11 is 5.08. The average Bonchev–Trinajstić information content (AvgIpc) is 3.13. The fourth-order valence-electron chi connectivity index (χ4n) is 4.62. The van der Waals surface area contributed by atoms with Gasteiger partial charge in [0.25, 0.3) is 5.91 Å². The van der Waals surface area contributed by atoms with Crippen molar-refractivity contribution in [2.24, 2.45) is 5.92 Å². The van der Waals surface area contributed by atoms with Gasteiger partial charge in [0.05, 0.1) is 12.0 Å². The number of para-hydroxylation sites is 1. The third kappa shape index (κ3) is 5.39. The average molecular weight is 542 g/mol. The summed E-state index contributed by atoms with van der Waals surface area (Å²) in [5, 5.41) is 3.57. The summed E-state index contributed by atoms with van der Waals surface area (Å²) in [6.07, 6.45) is 11.8. The van der Waals surface area contributed by atoms with E-state index in [0.717, 1.165) is 35.0 Å². The number of anilines is 1. The second-order valence-electron chi connectivity index (χ2n) is 8.55. The first-order valence-corrected chi connectivity index (χ1v) is 13.2. The van der Waals surface area contributed by atoms with Crippen molar-refractivity contribution < 1.29 is 14.3 Å². The maximum absolute atomic E-state index is 13.8. The standard InChI is InChI=1S/C27H29BrN2O3S/c1-4-14-33-25-19(15-20(28)17-23(25)32-3)16-24-26(31)30(22-13-9-8-10-18(22)2)27(34-24)29-21-11-6-5-7-12-21/h1,5-7,11-12,15-18,22,27,29H,8-10,13-14H2,2-3H3/b24-16-/t18-,22-,27?/m0/s1. The summed E-state index contributed by atoms with van der Waals surface area (Å²) in [6.45, 7) is 2.37. The fourth-order valence-corrected chi connectivity index (χ4v) is 6.28. The molecule has 34 heavy (non-hydrogen) atoms. The van der Waals surface area contributed by atoms with Crippen LogP contribution in [0.2, 0.25) is 0 Å². The molecule has 178 valence electrons. The molecule has 2 aliphatic rings. The Labute approximate surface area is 214 Å². The van der Waals surface area contributed by atoms with Crippen LogP contribution in [0.15, 0.2) is 51.8 Å². The van der Waals surface area contributed by atoms with E-state index in [-0.39, 0.29) is 24.1 Å². The summed E-state index contributed by atoms with van der Waals surface area (Å²) < 4.78 is 12.2. The Hall–Kier alpha value is -2.56. The molecule has 1 unspecified atom stereocenters. The van der Waals surface area contributed by atoms with Gasteiger partial charge in [-0.1, -0.05) is 71.6 Å². The lowest BCUT2D eigenvalue weighted by atomic mass is 9.85. The number of nitrogens with zero attached hydrogens (tertiary/aromatic N) is 1. The number of halogens is 1. The van der Waals surface area contributed by atoms with E-state index in [4.69, 9.17) is 15.9 Å². The van der Waals surface area contributed by atoms with Crippen LogP contribution in [0.4, 0.5) is 5.69 Å². The molecule has 0 radical (unpaired) electrons. The molecule has 1 amide bonds. The second-order valence-corrected chi connectivity index (χ2v) is 10.6. The van der Waals surface area contributed by atoms with Crippen LogP contribution < -0.4 is 14.8 Å². The van der Waals surface area contributed by atoms with Crippen LogP contribution in [-0.4, -0.2) is 36.1 Å². The third-order valence-electron chi connectivity index (χ3n) is 6.28. The van der Waals surface area contributed by atoms with Crippen molar-refractivity contribution >= 4 is 45.4 Å². The first kappa shape index (κ1) is 24.6. The normalized spacial score (nSPS) is 23.6. The molecule has 2 aromatic carbocycles. The molecular weight excluding hydrogens is 512 g/mol. The van der Waals surface area contributed by atoms with E-state index in [9.17, 15) is 4.79 Å². The Kier molecular flexibility index (Phi) is 8.12. The highest BCUT2D eigenvalue weighted by molar-refractivity contribution is 9.10. The van der Waals surface area contributed by atoms with E-state index in [1.807, 2.05) is 53.4 Å². The minimum atomic E-state index is -0.184. The molecule has 1 heterocycles. The van der Waals surface area contributed by atoms with Gasteiger partial charge in [0.2, 0.25) is 0 Å². The lowest BCUT2D eigenvalue weighted by Crippen LogP contribution is -2.48. The zero-order chi connectivity index (χ0) is 24.1. The SMILES string of the molecule is C#CCOc1c(/C=C2\SC(Nc3ccccc3)N([C@H]3CCCC[C@@H]3C)C2=O)cc(Br)cc1OC. The van der Waals surface area contributed by atoms with Crippen molar-refractivity contribution in [1.82, 2.24) is 4.90 Å². The Morgan fingerprint density at radius 3 is 2.74 bits per heavy atom. The number of carbonyl (C=O) groups is 1. The Balaban J connectivity index is 1.72. The van der Waals surface area contributed by atoms with E-state index < -0.39 is 0 Å². The molecule has 1 saturated heterocycles. The topological polar surface area (TPSA) is 50.8 Å². The van der Waals surface area contributed by atoms with Crippen LogP contribution in [-0.2, 0) is 4.79 Å². The molecule has 1 aliphatic carbocycles. The zero-order valence-electron chi connectivity index (χ0n) is 19.4. The van der Waals surface area contributed by atoms with Gasteiger partial charge in [-0.25, -0.2) is 0 Å². The van der Waals surface area contributed by atoms with Crippen LogP contribution in [0.25, 0.3) is 6.08 Å². The Bertz CT molecular complexity index is 1100. The number of amides is 1. The molecule has 4 rings (SSSR count). The first-order valence-electron chi connectivity index (χ1n) is 11.5. The molecule has 0 spiro atoms. The highest BCUT2D eigenvalue weighted by atomic mass is 79.9. The van der Waals surface area contributed by atoms with Gasteiger partial charge in [-0.2, -0.15) is 0 Å². The van der Waals surface area contributed by atoms with Crippen LogP contribution in [0, 0.1) is 18.3 Å². The molecule has 5 nitrogen and oxygen atoms in total. The number of methoxy groups -OCH3 is 1. The molecule has 2 fully saturated rings. The molecular formula is C27H29BrN2O3S. The number of hydrogen-bond donors (Lipinski definition) is 1. The maximum atomic E-state index is 13.8. The van der Waals surface area contributed by atoms with Gasteiger partial charge in [-0.3, -0.25) is 4.79 Å². The van der Waals surface area contributed by atoms with Gasteiger partial charge < -0.3 is 19.7 Å². The van der Waals surface area contributed by atoms with Crippen LogP contribution in [0.3, 0.4) is 0 Å². The van der Waals surface area contributed by atoms with Gasteiger partial charge in [0.1, 0.15) is 6.61 Å². The number of terminal acetylenes is 1. The molecule has 7 heteroatoms. The summed E-state index contributed by atoms with van der Waals surface area (Å²) in [5.41, 5.74) is 1.55. The van der Waals surface area contributed by atoms with Crippen molar-refractivity contribution in [2.75, 3.05) is 19.0 Å². The Morgan fingerprint density at radius 2 is 2.03 bits per heavy atom. The van der Waals surface area contributed by atoms with E-state index >= 15 is 0 Å². The maximum Gasteiger partial charge on any atom is 0.262 e. The summed E-state index contributed by atoms with van der Waals surface area (Å²) in [5.74, 6) is 4.09. The van der Waals surface area contributed by atoms with E-state index in [0.29, 0.717) is 22.3 Å². The minimum Gasteiger partial charge on any atom is -0.493 e. The number of nitrogens with one attached hydrogen (secondary N) is 1. The summed E-state index contributed by atoms with van der Waals surface area (Å²) in [6, 6.07) is 14.0. The van der Waals surface area contributed by atoms with Crippen molar-refractivity contribution in [3.63, 3.8) is 0 Å². The van der Waals surface area contributed by atoms with Crippen LogP contribution in [0.1, 0.15) is 38.2 Å². The van der Waals surface area contributed by atoms with Crippen molar-refractivity contribution in [2.45, 2.75) is 44.1 Å². The molecule has 0 bridgehead atoms. The summed E-state index contributed by atoms with van der Waals surface area (Å²) in [7, 11) is 1.59. The lowest BCUT2D eigenvalue weighted by Gasteiger charge is -2.39. The quantitative estimate of drug-likeness (QED) is 0.327. The van der Waals surface area contributed by atoms with Gasteiger partial charge in [0.15, 0.2) is 17.0 Å². The first-order chi connectivity index (χ1) is 16.5. The van der Waals surface area contributed by atoms with Crippen LogP contribution in [0.5, 0.6) is 11.5 Å². The fraction of sp³-hybridized carbons (Fsp3) is 0.370. The highest BCUT2D eigenvalue weighted by Gasteiger charge is 2.43. The van der Waals surface area contributed by atoms with Crippen molar-refractivity contribution in [3.05, 3.63) is 57.4 Å². The third-order valence-corrected chi connectivity index (χ3v) is 7.85. The lowest BCUT2D eigenvalue weighted by molar-refractivity contribution is -0.129. The predicted molar refractivity (Wildman–Crippen MR) is 143 cm³/mol. The number of benzene rings is 2. The Morgan fingerprint density at radius 1 is 1.26 bits per heavy atom. The number of ether oxygens (including phenoxy) is 2. The molecule has 1 N–H and O–H groups in total. The molecule has 1 saturated carbocycles.